The van der Waals surface area contributed by atoms with Gasteiger partial charge in [-0.25, -0.2) is 0 Å². The van der Waals surface area contributed by atoms with Crippen molar-refractivity contribution in [1.29, 1.82) is 0 Å². The van der Waals surface area contributed by atoms with Gasteiger partial charge in [0.2, 0.25) is 0 Å². The van der Waals surface area contributed by atoms with Gasteiger partial charge >= 0.3 is 0 Å². The second-order valence-corrected chi connectivity index (χ2v) is 10.3. The fourth-order valence-corrected chi connectivity index (χ4v) is 6.16. The number of fused-ring (bicyclic) bond motifs is 3. The lowest BCUT2D eigenvalue weighted by molar-refractivity contribution is 0.0301. The summed E-state index contributed by atoms with van der Waals surface area (Å²) >= 11 is 0. The van der Waals surface area contributed by atoms with Crippen LogP contribution in [0.4, 0.5) is 0 Å². The third-order valence-corrected chi connectivity index (χ3v) is 7.51. The number of hydrogen-bond donors (Lipinski definition) is 0. The molecule has 1 aromatic heterocycles. The molecule has 5 nitrogen and oxygen atoms in total. The normalized spacial score (nSPS) is 25.9. The standard InChI is InChI=1S/C26H33NO4/c1-16-12-17(2)15-27(14-16)25(29)24-18(3)22-20(30-24)8-9-21-23(22)19(28)13-26(31-21)10-6-4-5-7-11-26/h8-9,16-17H,4-7,10-15H2,1-3H3. The predicted octanol–water partition coefficient (Wildman–Crippen LogP) is 5.92. The minimum Gasteiger partial charge on any atom is -0.486 e. The number of likely N-dealkylation sites (tertiary alicyclic amines) is 1. The number of ether oxygens (including phenoxy) is 1. The van der Waals surface area contributed by atoms with Gasteiger partial charge in [-0.3, -0.25) is 9.59 Å². The number of furan rings is 1. The van der Waals surface area contributed by atoms with Crippen molar-refractivity contribution in [2.75, 3.05) is 13.1 Å². The smallest absolute Gasteiger partial charge is 0.289 e. The first kappa shape index (κ1) is 20.6. The highest BCUT2D eigenvalue weighted by molar-refractivity contribution is 6.13. The first-order chi connectivity index (χ1) is 14.9. The number of hydrogen-bond acceptors (Lipinski definition) is 4. The SMILES string of the molecule is Cc1c(C(=O)N2CC(C)CC(C)C2)oc2ccc3c(c12)C(=O)CC1(CCCCCC1)O3. The second kappa shape index (κ2) is 7.68. The molecule has 2 unspecified atom stereocenters. The summed E-state index contributed by atoms with van der Waals surface area (Å²) in [7, 11) is 0. The average Bonchev–Trinajstić information content (AvgIpc) is 2.89. The maximum absolute atomic E-state index is 13.4. The van der Waals surface area contributed by atoms with E-state index >= 15 is 0 Å². The van der Waals surface area contributed by atoms with Crippen LogP contribution in [-0.2, 0) is 0 Å². The Kier molecular flexibility index (Phi) is 5.10. The van der Waals surface area contributed by atoms with Crippen LogP contribution in [0.5, 0.6) is 5.75 Å². The Morgan fingerprint density at radius 3 is 2.42 bits per heavy atom. The number of carbonyl (C=O) groups is 2. The van der Waals surface area contributed by atoms with Gasteiger partial charge in [0.15, 0.2) is 11.5 Å². The van der Waals surface area contributed by atoms with Crippen LogP contribution in [0, 0.1) is 18.8 Å². The molecule has 1 saturated carbocycles. The summed E-state index contributed by atoms with van der Waals surface area (Å²) in [5, 5.41) is 0.757. The van der Waals surface area contributed by atoms with E-state index in [0.29, 0.717) is 40.9 Å². The highest BCUT2D eigenvalue weighted by atomic mass is 16.5. The fourth-order valence-electron chi connectivity index (χ4n) is 6.16. The third kappa shape index (κ3) is 3.56. The van der Waals surface area contributed by atoms with Gasteiger partial charge in [0, 0.05) is 24.0 Å². The Bertz CT molecular complexity index is 1020. The highest BCUT2D eigenvalue weighted by Gasteiger charge is 2.42. The highest BCUT2D eigenvalue weighted by Crippen LogP contribution is 2.45. The molecular formula is C26H33NO4. The molecule has 1 saturated heterocycles. The van der Waals surface area contributed by atoms with Crippen molar-refractivity contribution < 1.29 is 18.7 Å². The van der Waals surface area contributed by atoms with E-state index in [9.17, 15) is 9.59 Å². The van der Waals surface area contributed by atoms with Crippen LogP contribution in [0.2, 0.25) is 0 Å². The second-order valence-electron chi connectivity index (χ2n) is 10.3. The summed E-state index contributed by atoms with van der Waals surface area (Å²) in [5.41, 5.74) is 1.61. The molecule has 2 atom stereocenters. The zero-order valence-corrected chi connectivity index (χ0v) is 19.0. The number of benzene rings is 1. The number of carbonyl (C=O) groups excluding carboxylic acids is 2. The molecule has 3 aliphatic rings. The van der Waals surface area contributed by atoms with Crippen LogP contribution in [0.3, 0.4) is 0 Å². The van der Waals surface area contributed by atoms with Gasteiger partial charge in [-0.15, -0.1) is 0 Å². The van der Waals surface area contributed by atoms with Crippen molar-refractivity contribution in [3.8, 4) is 5.75 Å². The molecule has 31 heavy (non-hydrogen) atoms. The minimum atomic E-state index is -0.357. The Morgan fingerprint density at radius 2 is 1.74 bits per heavy atom. The quantitative estimate of drug-likeness (QED) is 0.571. The largest absolute Gasteiger partial charge is 0.486 e. The third-order valence-electron chi connectivity index (χ3n) is 7.51. The van der Waals surface area contributed by atoms with Gasteiger partial charge in [-0.05, 0) is 63.0 Å². The monoisotopic (exact) mass is 423 g/mol. The van der Waals surface area contributed by atoms with Gasteiger partial charge < -0.3 is 14.1 Å². The number of ketones is 1. The molecule has 1 aromatic carbocycles. The summed E-state index contributed by atoms with van der Waals surface area (Å²) < 4.78 is 12.6. The van der Waals surface area contributed by atoms with Gasteiger partial charge in [-0.1, -0.05) is 26.7 Å². The summed E-state index contributed by atoms with van der Waals surface area (Å²) in [6.45, 7) is 7.79. The lowest BCUT2D eigenvalue weighted by atomic mass is 9.83. The van der Waals surface area contributed by atoms with Crippen LogP contribution in [-0.4, -0.2) is 35.3 Å². The maximum Gasteiger partial charge on any atom is 0.289 e. The zero-order chi connectivity index (χ0) is 21.8. The van der Waals surface area contributed by atoms with E-state index in [1.807, 2.05) is 24.0 Å². The zero-order valence-electron chi connectivity index (χ0n) is 19.0. The molecule has 1 aliphatic carbocycles. The number of piperidine rings is 1. The number of rotatable bonds is 1. The lowest BCUT2D eigenvalue weighted by Crippen LogP contribution is -2.42. The van der Waals surface area contributed by atoms with Gasteiger partial charge in [0.05, 0.1) is 12.0 Å². The van der Waals surface area contributed by atoms with Crippen molar-refractivity contribution in [3.05, 3.63) is 29.0 Å². The molecule has 2 aromatic rings. The Hall–Kier alpha value is -2.30. The first-order valence-corrected chi connectivity index (χ1v) is 11.9. The first-order valence-electron chi connectivity index (χ1n) is 11.9. The Morgan fingerprint density at radius 1 is 1.06 bits per heavy atom. The fraction of sp³-hybridized carbons (Fsp3) is 0.615. The molecular weight excluding hydrogens is 390 g/mol. The van der Waals surface area contributed by atoms with E-state index in [1.165, 1.54) is 12.8 Å². The molecule has 0 N–H and O–H groups in total. The molecule has 166 valence electrons. The lowest BCUT2D eigenvalue weighted by Gasteiger charge is -2.37. The van der Waals surface area contributed by atoms with Gasteiger partial charge in [0.25, 0.3) is 5.91 Å². The van der Waals surface area contributed by atoms with E-state index in [-0.39, 0.29) is 17.3 Å². The van der Waals surface area contributed by atoms with Crippen LogP contribution < -0.4 is 4.74 Å². The molecule has 5 heteroatoms. The predicted molar refractivity (Wildman–Crippen MR) is 120 cm³/mol. The molecule has 0 radical (unpaired) electrons. The molecule has 1 amide bonds. The van der Waals surface area contributed by atoms with E-state index in [2.05, 4.69) is 13.8 Å². The maximum atomic E-state index is 13.4. The molecule has 1 spiro atoms. The van der Waals surface area contributed by atoms with Crippen molar-refractivity contribution in [3.63, 3.8) is 0 Å². The topological polar surface area (TPSA) is 59.8 Å². The number of aryl methyl sites for hydroxylation is 1. The molecule has 2 fully saturated rings. The van der Waals surface area contributed by atoms with E-state index < -0.39 is 0 Å². The minimum absolute atomic E-state index is 0.0646. The summed E-state index contributed by atoms with van der Waals surface area (Å²) in [6.07, 6.45) is 8.10. The molecule has 0 bridgehead atoms. The summed E-state index contributed by atoms with van der Waals surface area (Å²) in [6, 6.07) is 3.73. The summed E-state index contributed by atoms with van der Waals surface area (Å²) in [4.78, 5) is 28.6. The Labute approximate surface area is 184 Å². The van der Waals surface area contributed by atoms with Crippen molar-refractivity contribution in [1.82, 2.24) is 4.90 Å². The molecule has 3 heterocycles. The number of amides is 1. The van der Waals surface area contributed by atoms with E-state index in [4.69, 9.17) is 9.15 Å². The van der Waals surface area contributed by atoms with Crippen LogP contribution in [0.15, 0.2) is 16.5 Å². The van der Waals surface area contributed by atoms with Gasteiger partial charge in [0.1, 0.15) is 16.9 Å². The van der Waals surface area contributed by atoms with E-state index in [0.717, 1.165) is 56.1 Å². The van der Waals surface area contributed by atoms with Crippen molar-refractivity contribution in [2.24, 2.45) is 11.8 Å². The number of Topliss-reactive ketones (excluding diaryl/α,β-unsaturated/α-hetero) is 1. The van der Waals surface area contributed by atoms with Crippen molar-refractivity contribution in [2.45, 2.75) is 77.7 Å². The Balaban J connectivity index is 1.53. The molecule has 2 aliphatic heterocycles. The number of nitrogens with zero attached hydrogens (tertiary/aromatic N) is 1. The van der Waals surface area contributed by atoms with Crippen LogP contribution >= 0.6 is 0 Å². The van der Waals surface area contributed by atoms with Gasteiger partial charge in [-0.2, -0.15) is 0 Å². The van der Waals surface area contributed by atoms with Crippen LogP contribution in [0.25, 0.3) is 11.0 Å². The summed E-state index contributed by atoms with van der Waals surface area (Å²) in [5.74, 6) is 2.05. The average molecular weight is 424 g/mol. The van der Waals surface area contributed by atoms with E-state index in [1.54, 1.807) is 0 Å². The molecule has 5 rings (SSSR count). The van der Waals surface area contributed by atoms with Crippen LogP contribution in [0.1, 0.15) is 91.7 Å². The van der Waals surface area contributed by atoms with Crippen molar-refractivity contribution >= 4 is 22.7 Å².